The Hall–Kier alpha value is -1.33. The molecule has 0 aromatic heterocycles. The molecule has 0 aliphatic heterocycles. The van der Waals surface area contributed by atoms with Gasteiger partial charge in [0.2, 0.25) is 0 Å². The summed E-state index contributed by atoms with van der Waals surface area (Å²) >= 11 is 0. The normalized spacial score (nSPS) is 23.9. The average molecular weight is 186 g/mol. The summed E-state index contributed by atoms with van der Waals surface area (Å²) in [5, 5.41) is 36.4. The molecule has 1 atom stereocenters. The number of ketones is 1. The Balaban J connectivity index is 3.11. The maximum Gasteiger partial charge on any atom is 0.177 e. The molecule has 1 aliphatic carbocycles. The molecule has 0 aromatic rings. The molecule has 0 aromatic carbocycles. The van der Waals surface area contributed by atoms with E-state index >= 15 is 0 Å². The molecule has 0 spiro atoms. The van der Waals surface area contributed by atoms with Gasteiger partial charge in [-0.1, -0.05) is 0 Å². The van der Waals surface area contributed by atoms with E-state index in [4.69, 9.17) is 15.3 Å². The van der Waals surface area contributed by atoms with Crippen LogP contribution in [-0.2, 0) is 4.79 Å². The van der Waals surface area contributed by atoms with Crippen molar-refractivity contribution in [2.24, 2.45) is 5.92 Å². The summed E-state index contributed by atoms with van der Waals surface area (Å²) in [5.74, 6) is -5.81. The fraction of sp³-hybridized carbons (Fsp3) is 0.375. The standard InChI is InChI=1S/C8H10O5/c1-8(12,13)6-4(9)2-3-5(10)7(6)11/h2-3,6,10-13H,1H3. The van der Waals surface area contributed by atoms with Crippen LogP contribution in [0.3, 0.4) is 0 Å². The molecule has 5 nitrogen and oxygen atoms in total. The van der Waals surface area contributed by atoms with Gasteiger partial charge in [0.05, 0.1) is 0 Å². The Morgan fingerprint density at radius 3 is 2.23 bits per heavy atom. The molecule has 72 valence electrons. The molecule has 13 heavy (non-hydrogen) atoms. The van der Waals surface area contributed by atoms with E-state index in [1.54, 1.807) is 0 Å². The summed E-state index contributed by atoms with van der Waals surface area (Å²) in [5.41, 5.74) is 0. The lowest BCUT2D eigenvalue weighted by Gasteiger charge is -2.26. The Morgan fingerprint density at radius 1 is 1.31 bits per heavy atom. The Bertz CT molecular complexity index is 294. The number of carbonyl (C=O) groups is 1. The number of rotatable bonds is 1. The van der Waals surface area contributed by atoms with E-state index in [2.05, 4.69) is 0 Å². The van der Waals surface area contributed by atoms with Crippen molar-refractivity contribution in [3.63, 3.8) is 0 Å². The van der Waals surface area contributed by atoms with E-state index in [1.165, 1.54) is 0 Å². The van der Waals surface area contributed by atoms with Crippen LogP contribution in [0.1, 0.15) is 6.92 Å². The van der Waals surface area contributed by atoms with Crippen molar-refractivity contribution in [1.82, 2.24) is 0 Å². The highest BCUT2D eigenvalue weighted by molar-refractivity contribution is 5.95. The Morgan fingerprint density at radius 2 is 1.85 bits per heavy atom. The van der Waals surface area contributed by atoms with Crippen LogP contribution in [0, 0.1) is 5.92 Å². The fourth-order valence-corrected chi connectivity index (χ4v) is 1.15. The van der Waals surface area contributed by atoms with Gasteiger partial charge in [-0.2, -0.15) is 0 Å². The SMILES string of the molecule is CC(O)(O)C1C(=O)C=CC(O)=C1O. The van der Waals surface area contributed by atoms with Gasteiger partial charge in [0, 0.05) is 0 Å². The first-order valence-corrected chi connectivity index (χ1v) is 3.63. The number of carbonyl (C=O) groups excluding carboxylic acids is 1. The van der Waals surface area contributed by atoms with Gasteiger partial charge in [0.25, 0.3) is 0 Å². The smallest absolute Gasteiger partial charge is 0.177 e. The van der Waals surface area contributed by atoms with Crippen LogP contribution in [0.2, 0.25) is 0 Å². The number of allylic oxidation sites excluding steroid dienone is 2. The highest BCUT2D eigenvalue weighted by Crippen LogP contribution is 2.27. The molecule has 0 fully saturated rings. The van der Waals surface area contributed by atoms with Crippen molar-refractivity contribution in [2.45, 2.75) is 12.7 Å². The number of aliphatic hydroxyl groups is 4. The second-order valence-electron chi connectivity index (χ2n) is 3.03. The van der Waals surface area contributed by atoms with E-state index < -0.39 is 29.0 Å². The minimum absolute atomic E-state index is 0.529. The minimum atomic E-state index is -2.38. The molecular weight excluding hydrogens is 176 g/mol. The molecule has 0 saturated heterocycles. The maximum absolute atomic E-state index is 11.1. The zero-order valence-corrected chi connectivity index (χ0v) is 6.93. The van der Waals surface area contributed by atoms with Gasteiger partial charge in [-0.05, 0) is 19.1 Å². The monoisotopic (exact) mass is 186 g/mol. The fourth-order valence-electron chi connectivity index (χ4n) is 1.15. The Labute approximate surface area is 74.2 Å². The molecule has 1 rings (SSSR count). The second kappa shape index (κ2) is 2.86. The Kier molecular flexibility index (Phi) is 2.15. The molecule has 0 amide bonds. The summed E-state index contributed by atoms with van der Waals surface area (Å²) in [7, 11) is 0. The van der Waals surface area contributed by atoms with Gasteiger partial charge in [-0.3, -0.25) is 4.79 Å². The zero-order valence-electron chi connectivity index (χ0n) is 6.93. The molecule has 1 aliphatic rings. The van der Waals surface area contributed by atoms with Crippen molar-refractivity contribution in [3.8, 4) is 0 Å². The van der Waals surface area contributed by atoms with Gasteiger partial charge in [0.15, 0.2) is 23.1 Å². The molecule has 0 heterocycles. The summed E-state index contributed by atoms with van der Waals surface area (Å²) in [6.07, 6.45) is 1.98. The lowest BCUT2D eigenvalue weighted by atomic mass is 9.89. The van der Waals surface area contributed by atoms with Gasteiger partial charge in [0.1, 0.15) is 5.92 Å². The van der Waals surface area contributed by atoms with Crippen LogP contribution < -0.4 is 0 Å². The van der Waals surface area contributed by atoms with Gasteiger partial charge in [-0.25, -0.2) is 0 Å². The van der Waals surface area contributed by atoms with E-state index in [9.17, 15) is 9.90 Å². The van der Waals surface area contributed by atoms with Crippen LogP contribution in [0.5, 0.6) is 0 Å². The lowest BCUT2D eigenvalue weighted by Crippen LogP contribution is -2.41. The van der Waals surface area contributed by atoms with Crippen LogP contribution >= 0.6 is 0 Å². The van der Waals surface area contributed by atoms with Crippen LogP contribution in [0.15, 0.2) is 23.7 Å². The van der Waals surface area contributed by atoms with Crippen LogP contribution in [0.25, 0.3) is 0 Å². The third kappa shape index (κ3) is 1.71. The quantitative estimate of drug-likeness (QED) is 0.424. The highest BCUT2D eigenvalue weighted by Gasteiger charge is 2.40. The van der Waals surface area contributed by atoms with E-state index in [-0.39, 0.29) is 0 Å². The summed E-state index contributed by atoms with van der Waals surface area (Å²) < 4.78 is 0. The highest BCUT2D eigenvalue weighted by atomic mass is 16.5. The summed E-state index contributed by atoms with van der Waals surface area (Å²) in [4.78, 5) is 11.1. The van der Waals surface area contributed by atoms with E-state index in [0.29, 0.717) is 0 Å². The molecule has 0 saturated carbocycles. The molecule has 0 bridgehead atoms. The first-order chi connectivity index (χ1) is 5.84. The average Bonchev–Trinajstić information content (AvgIpc) is 1.95. The van der Waals surface area contributed by atoms with Crippen molar-refractivity contribution < 1.29 is 25.2 Å². The van der Waals surface area contributed by atoms with Crippen LogP contribution in [0.4, 0.5) is 0 Å². The second-order valence-corrected chi connectivity index (χ2v) is 3.03. The third-order valence-corrected chi connectivity index (χ3v) is 1.77. The van der Waals surface area contributed by atoms with Crippen molar-refractivity contribution in [1.29, 1.82) is 0 Å². The molecule has 0 radical (unpaired) electrons. The van der Waals surface area contributed by atoms with E-state index in [0.717, 1.165) is 19.1 Å². The van der Waals surface area contributed by atoms with Gasteiger partial charge >= 0.3 is 0 Å². The predicted octanol–water partition coefficient (Wildman–Crippen LogP) is -0.230. The van der Waals surface area contributed by atoms with E-state index in [1.807, 2.05) is 0 Å². The largest absolute Gasteiger partial charge is 0.507 e. The predicted molar refractivity (Wildman–Crippen MR) is 42.8 cm³/mol. The molecule has 1 unspecified atom stereocenters. The third-order valence-electron chi connectivity index (χ3n) is 1.77. The van der Waals surface area contributed by atoms with Gasteiger partial charge < -0.3 is 20.4 Å². The minimum Gasteiger partial charge on any atom is -0.507 e. The van der Waals surface area contributed by atoms with Gasteiger partial charge in [-0.15, -0.1) is 0 Å². The topological polar surface area (TPSA) is 98.0 Å². The first kappa shape index (κ1) is 9.76. The summed E-state index contributed by atoms with van der Waals surface area (Å²) in [6.45, 7) is 0.957. The van der Waals surface area contributed by atoms with Crippen LogP contribution in [-0.4, -0.2) is 32.0 Å². The number of aliphatic hydroxyl groups excluding tert-OH is 2. The number of hydrogen-bond donors (Lipinski definition) is 4. The lowest BCUT2D eigenvalue weighted by molar-refractivity contribution is -0.184. The first-order valence-electron chi connectivity index (χ1n) is 3.63. The molecule has 5 heteroatoms. The van der Waals surface area contributed by atoms with Crippen molar-refractivity contribution in [3.05, 3.63) is 23.7 Å². The van der Waals surface area contributed by atoms with Crippen molar-refractivity contribution in [2.75, 3.05) is 0 Å². The zero-order chi connectivity index (χ0) is 10.2. The maximum atomic E-state index is 11.1. The summed E-state index contributed by atoms with van der Waals surface area (Å²) in [6, 6.07) is 0. The molecular formula is C8H10O5. The molecule has 4 N–H and O–H groups in total. The number of hydrogen-bond acceptors (Lipinski definition) is 5. The van der Waals surface area contributed by atoms with Crippen molar-refractivity contribution >= 4 is 5.78 Å².